The first kappa shape index (κ1) is 20.3. The fraction of sp³-hybridized carbons (Fsp3) is 0.421. The molecule has 0 spiro atoms. The van der Waals surface area contributed by atoms with Crippen LogP contribution in [0.1, 0.15) is 49.2 Å². The SMILES string of the molecule is Cc1ccnc([C@H](C)N(CCCCC(=O)NO)Cc2ncccc2Cl)c1. The van der Waals surface area contributed by atoms with E-state index in [1.807, 2.05) is 31.3 Å². The van der Waals surface area contributed by atoms with E-state index in [9.17, 15) is 4.79 Å². The maximum Gasteiger partial charge on any atom is 0.243 e. The number of nitrogens with zero attached hydrogens (tertiary/aromatic N) is 3. The molecule has 0 saturated carbocycles. The van der Waals surface area contributed by atoms with Crippen LogP contribution in [0.4, 0.5) is 0 Å². The summed E-state index contributed by atoms with van der Waals surface area (Å²) in [4.78, 5) is 22.3. The summed E-state index contributed by atoms with van der Waals surface area (Å²) in [5, 5.41) is 9.23. The van der Waals surface area contributed by atoms with Crippen molar-refractivity contribution in [1.82, 2.24) is 20.3 Å². The topological polar surface area (TPSA) is 78.4 Å². The summed E-state index contributed by atoms with van der Waals surface area (Å²) in [6.07, 6.45) is 5.35. The molecule has 1 amide bonds. The normalized spacial score (nSPS) is 12.2. The first-order valence-corrected chi connectivity index (χ1v) is 9.08. The highest BCUT2D eigenvalue weighted by atomic mass is 35.5. The molecule has 7 heteroatoms. The Hall–Kier alpha value is -2.02. The average Bonchev–Trinajstić information content (AvgIpc) is 2.64. The van der Waals surface area contributed by atoms with Gasteiger partial charge >= 0.3 is 0 Å². The first-order chi connectivity index (χ1) is 12.5. The van der Waals surface area contributed by atoms with Crippen molar-refractivity contribution in [3.8, 4) is 0 Å². The van der Waals surface area contributed by atoms with Crippen LogP contribution in [0.5, 0.6) is 0 Å². The van der Waals surface area contributed by atoms with Gasteiger partial charge in [-0.25, -0.2) is 5.48 Å². The van der Waals surface area contributed by atoms with Crippen LogP contribution in [0.3, 0.4) is 0 Å². The minimum atomic E-state index is -0.363. The second-order valence-corrected chi connectivity index (χ2v) is 6.74. The lowest BCUT2D eigenvalue weighted by molar-refractivity contribution is -0.129. The molecule has 0 radical (unpaired) electrons. The predicted molar refractivity (Wildman–Crippen MR) is 101 cm³/mol. The third-order valence-electron chi connectivity index (χ3n) is 4.32. The molecular formula is C19H25ClN4O2. The molecule has 2 aromatic heterocycles. The van der Waals surface area contributed by atoms with E-state index in [2.05, 4.69) is 27.9 Å². The summed E-state index contributed by atoms with van der Waals surface area (Å²) in [5.41, 5.74) is 4.64. The van der Waals surface area contributed by atoms with Crippen LogP contribution in [0.2, 0.25) is 5.02 Å². The maximum atomic E-state index is 11.2. The number of hydrogen-bond donors (Lipinski definition) is 2. The Balaban J connectivity index is 2.09. The highest BCUT2D eigenvalue weighted by Crippen LogP contribution is 2.24. The number of unbranched alkanes of at least 4 members (excludes halogenated alkanes) is 1. The number of nitrogens with one attached hydrogen (secondary N) is 1. The largest absolute Gasteiger partial charge is 0.289 e. The molecule has 0 aromatic carbocycles. The van der Waals surface area contributed by atoms with Crippen LogP contribution in [0.25, 0.3) is 0 Å². The minimum Gasteiger partial charge on any atom is -0.289 e. The van der Waals surface area contributed by atoms with Gasteiger partial charge in [-0.15, -0.1) is 0 Å². The van der Waals surface area contributed by atoms with Crippen molar-refractivity contribution < 1.29 is 10.0 Å². The molecule has 2 heterocycles. The molecule has 1 atom stereocenters. The summed E-state index contributed by atoms with van der Waals surface area (Å²) < 4.78 is 0. The fourth-order valence-corrected chi connectivity index (χ4v) is 2.95. The molecular weight excluding hydrogens is 352 g/mol. The summed E-state index contributed by atoms with van der Waals surface area (Å²) in [7, 11) is 0. The van der Waals surface area contributed by atoms with Gasteiger partial charge in [0.2, 0.25) is 5.91 Å². The highest BCUT2D eigenvalue weighted by Gasteiger charge is 2.19. The van der Waals surface area contributed by atoms with E-state index in [1.165, 1.54) is 0 Å². The average molecular weight is 377 g/mol. The number of aryl methyl sites for hydroxylation is 1. The van der Waals surface area contributed by atoms with Gasteiger partial charge in [0.25, 0.3) is 0 Å². The lowest BCUT2D eigenvalue weighted by Gasteiger charge is -2.29. The van der Waals surface area contributed by atoms with E-state index >= 15 is 0 Å². The van der Waals surface area contributed by atoms with E-state index in [0.717, 1.165) is 29.9 Å². The van der Waals surface area contributed by atoms with Crippen LogP contribution in [0.15, 0.2) is 36.7 Å². The molecule has 0 aliphatic carbocycles. The van der Waals surface area contributed by atoms with Crippen molar-refractivity contribution in [2.24, 2.45) is 0 Å². The second-order valence-electron chi connectivity index (χ2n) is 6.33. The van der Waals surface area contributed by atoms with E-state index in [0.29, 0.717) is 24.4 Å². The van der Waals surface area contributed by atoms with Gasteiger partial charge in [-0.3, -0.25) is 24.9 Å². The number of pyridine rings is 2. The Morgan fingerprint density at radius 3 is 2.81 bits per heavy atom. The van der Waals surface area contributed by atoms with Gasteiger partial charge in [0.1, 0.15) is 0 Å². The molecule has 0 aliphatic rings. The molecule has 0 saturated heterocycles. The van der Waals surface area contributed by atoms with E-state index in [1.54, 1.807) is 11.7 Å². The molecule has 0 fully saturated rings. The lowest BCUT2D eigenvalue weighted by Crippen LogP contribution is -2.29. The molecule has 140 valence electrons. The summed E-state index contributed by atoms with van der Waals surface area (Å²) in [5.74, 6) is -0.363. The minimum absolute atomic E-state index is 0.0830. The Morgan fingerprint density at radius 2 is 2.12 bits per heavy atom. The van der Waals surface area contributed by atoms with Crippen molar-refractivity contribution in [1.29, 1.82) is 0 Å². The van der Waals surface area contributed by atoms with Gasteiger partial charge in [0.15, 0.2) is 0 Å². The van der Waals surface area contributed by atoms with E-state index in [-0.39, 0.29) is 11.9 Å². The van der Waals surface area contributed by atoms with Crippen molar-refractivity contribution in [2.45, 2.75) is 45.7 Å². The number of rotatable bonds is 9. The molecule has 2 rings (SSSR count). The smallest absolute Gasteiger partial charge is 0.243 e. The fourth-order valence-electron chi connectivity index (χ4n) is 2.77. The molecule has 0 unspecified atom stereocenters. The Kier molecular flexibility index (Phi) is 7.97. The van der Waals surface area contributed by atoms with Crippen LogP contribution in [-0.4, -0.2) is 32.5 Å². The number of amides is 1. The quantitative estimate of drug-likeness (QED) is 0.396. The second kappa shape index (κ2) is 10.2. The zero-order valence-electron chi connectivity index (χ0n) is 15.2. The highest BCUT2D eigenvalue weighted by molar-refractivity contribution is 6.31. The standard InChI is InChI=1S/C19H25ClN4O2/c1-14-8-10-22-17(12-14)15(2)24(11-4-3-7-19(25)23-26)13-18-16(20)6-5-9-21-18/h5-6,8-10,12,15,26H,3-4,7,11,13H2,1-2H3,(H,23,25)/t15-/m0/s1. The Morgan fingerprint density at radius 1 is 1.31 bits per heavy atom. The zero-order chi connectivity index (χ0) is 18.9. The van der Waals surface area contributed by atoms with Crippen LogP contribution in [-0.2, 0) is 11.3 Å². The van der Waals surface area contributed by atoms with Gasteiger partial charge in [-0.2, -0.15) is 0 Å². The van der Waals surface area contributed by atoms with Crippen molar-refractivity contribution >= 4 is 17.5 Å². The third kappa shape index (κ3) is 6.05. The van der Waals surface area contributed by atoms with Crippen molar-refractivity contribution in [2.75, 3.05) is 6.54 Å². The molecule has 2 aromatic rings. The van der Waals surface area contributed by atoms with Gasteiger partial charge < -0.3 is 0 Å². The van der Waals surface area contributed by atoms with Crippen LogP contribution >= 0.6 is 11.6 Å². The number of hydroxylamine groups is 1. The van der Waals surface area contributed by atoms with Gasteiger partial charge in [-0.1, -0.05) is 11.6 Å². The number of carbonyl (C=O) groups excluding carboxylic acids is 1. The molecule has 0 aliphatic heterocycles. The van der Waals surface area contributed by atoms with Gasteiger partial charge in [0.05, 0.1) is 16.4 Å². The Bertz CT molecular complexity index is 726. The first-order valence-electron chi connectivity index (χ1n) is 8.70. The van der Waals surface area contributed by atoms with E-state index in [4.69, 9.17) is 16.8 Å². The van der Waals surface area contributed by atoms with Crippen LogP contribution < -0.4 is 5.48 Å². The number of aromatic nitrogens is 2. The number of halogens is 1. The molecule has 2 N–H and O–H groups in total. The molecule has 26 heavy (non-hydrogen) atoms. The van der Waals surface area contributed by atoms with Crippen molar-refractivity contribution in [3.05, 3.63) is 58.6 Å². The third-order valence-corrected chi connectivity index (χ3v) is 4.67. The zero-order valence-corrected chi connectivity index (χ0v) is 15.9. The lowest BCUT2D eigenvalue weighted by atomic mass is 10.1. The number of hydrogen-bond acceptors (Lipinski definition) is 5. The summed E-state index contributed by atoms with van der Waals surface area (Å²) in [6, 6.07) is 7.79. The van der Waals surface area contributed by atoms with Gasteiger partial charge in [0, 0.05) is 31.4 Å². The summed E-state index contributed by atoms with van der Waals surface area (Å²) in [6.45, 7) is 5.52. The molecule has 6 nitrogen and oxygen atoms in total. The van der Waals surface area contributed by atoms with Gasteiger partial charge in [-0.05, 0) is 63.1 Å². The maximum absolute atomic E-state index is 11.2. The van der Waals surface area contributed by atoms with E-state index < -0.39 is 0 Å². The predicted octanol–water partition coefficient (Wildman–Crippen LogP) is 3.68. The molecule has 0 bridgehead atoms. The van der Waals surface area contributed by atoms with Crippen molar-refractivity contribution in [3.63, 3.8) is 0 Å². The Labute approximate surface area is 159 Å². The van der Waals surface area contributed by atoms with Crippen LogP contribution in [0, 0.1) is 6.92 Å². The summed E-state index contributed by atoms with van der Waals surface area (Å²) >= 11 is 6.28. The number of carbonyl (C=O) groups is 1. The monoisotopic (exact) mass is 376 g/mol.